The SMILES string of the molecule is CC(C)COc1nc(-c2cccc(C(F)(F)F)c2)n(-c2ccc(NC(=O)C(C)(C)C)cc2)n1. The number of nitrogens with one attached hydrogen (secondary N) is 1. The molecule has 3 rings (SSSR count). The van der Waals surface area contributed by atoms with Gasteiger partial charge in [-0.25, -0.2) is 4.68 Å². The molecule has 0 spiro atoms. The third kappa shape index (κ3) is 6.12. The maximum absolute atomic E-state index is 13.3. The summed E-state index contributed by atoms with van der Waals surface area (Å²) in [6.07, 6.45) is -4.48. The van der Waals surface area contributed by atoms with E-state index in [1.54, 1.807) is 30.3 Å². The van der Waals surface area contributed by atoms with Gasteiger partial charge in [0.25, 0.3) is 0 Å². The van der Waals surface area contributed by atoms with E-state index in [1.807, 2.05) is 34.6 Å². The Morgan fingerprint density at radius 3 is 2.33 bits per heavy atom. The van der Waals surface area contributed by atoms with Gasteiger partial charge in [0.05, 0.1) is 17.9 Å². The summed E-state index contributed by atoms with van der Waals surface area (Å²) in [5, 5.41) is 7.20. The van der Waals surface area contributed by atoms with Gasteiger partial charge in [-0.2, -0.15) is 18.2 Å². The lowest BCUT2D eigenvalue weighted by molar-refractivity contribution is -0.137. The summed E-state index contributed by atoms with van der Waals surface area (Å²) in [5.74, 6) is 0.302. The van der Waals surface area contributed by atoms with E-state index in [0.29, 0.717) is 18.0 Å². The van der Waals surface area contributed by atoms with Crippen LogP contribution in [-0.4, -0.2) is 27.3 Å². The van der Waals surface area contributed by atoms with E-state index < -0.39 is 17.2 Å². The predicted molar refractivity (Wildman–Crippen MR) is 120 cm³/mol. The van der Waals surface area contributed by atoms with Crippen LogP contribution >= 0.6 is 0 Å². The van der Waals surface area contributed by atoms with Crippen LogP contribution in [0, 0.1) is 11.3 Å². The Kier molecular flexibility index (Phi) is 6.81. The van der Waals surface area contributed by atoms with Gasteiger partial charge in [-0.05, 0) is 42.3 Å². The number of aromatic nitrogens is 3. The molecule has 0 atom stereocenters. The van der Waals surface area contributed by atoms with Gasteiger partial charge in [0.1, 0.15) is 0 Å². The molecule has 0 aliphatic carbocycles. The second-order valence-electron chi connectivity index (χ2n) is 9.16. The number of carbonyl (C=O) groups excluding carboxylic acids is 1. The van der Waals surface area contributed by atoms with E-state index in [1.165, 1.54) is 10.7 Å². The monoisotopic (exact) mass is 460 g/mol. The molecule has 0 fully saturated rings. The number of carbonyl (C=O) groups is 1. The van der Waals surface area contributed by atoms with Gasteiger partial charge in [-0.15, -0.1) is 5.10 Å². The van der Waals surface area contributed by atoms with E-state index in [9.17, 15) is 18.0 Å². The minimum absolute atomic E-state index is 0.0706. The molecule has 2 aromatic carbocycles. The fourth-order valence-corrected chi connectivity index (χ4v) is 2.80. The quantitative estimate of drug-likeness (QED) is 0.492. The van der Waals surface area contributed by atoms with Crippen molar-refractivity contribution >= 4 is 11.6 Å². The molecule has 9 heteroatoms. The molecule has 1 amide bonds. The fraction of sp³-hybridized carbons (Fsp3) is 0.375. The maximum Gasteiger partial charge on any atom is 0.416 e. The average Bonchev–Trinajstić information content (AvgIpc) is 3.16. The molecule has 0 radical (unpaired) electrons. The van der Waals surface area contributed by atoms with Crippen molar-refractivity contribution in [1.82, 2.24) is 14.8 Å². The average molecular weight is 461 g/mol. The zero-order valence-electron chi connectivity index (χ0n) is 19.2. The molecule has 0 bridgehead atoms. The minimum Gasteiger partial charge on any atom is -0.462 e. The summed E-state index contributed by atoms with van der Waals surface area (Å²) >= 11 is 0. The molecule has 0 unspecified atom stereocenters. The van der Waals surface area contributed by atoms with Crippen molar-refractivity contribution in [3.63, 3.8) is 0 Å². The zero-order chi connectivity index (χ0) is 24.4. The molecule has 6 nitrogen and oxygen atoms in total. The Morgan fingerprint density at radius 2 is 1.76 bits per heavy atom. The molecule has 0 aliphatic heterocycles. The van der Waals surface area contributed by atoms with E-state index in [0.717, 1.165) is 12.1 Å². The number of ether oxygens (including phenoxy) is 1. The van der Waals surface area contributed by atoms with Gasteiger partial charge >= 0.3 is 12.2 Å². The van der Waals surface area contributed by atoms with Crippen molar-refractivity contribution in [1.29, 1.82) is 0 Å². The fourth-order valence-electron chi connectivity index (χ4n) is 2.80. The summed E-state index contributed by atoms with van der Waals surface area (Å²) in [4.78, 5) is 16.6. The largest absolute Gasteiger partial charge is 0.462 e. The molecule has 1 aromatic heterocycles. The van der Waals surface area contributed by atoms with E-state index >= 15 is 0 Å². The van der Waals surface area contributed by atoms with Crippen LogP contribution in [0.4, 0.5) is 18.9 Å². The molecule has 1 heterocycles. The molecule has 33 heavy (non-hydrogen) atoms. The Morgan fingerprint density at radius 1 is 1.09 bits per heavy atom. The molecule has 1 N–H and O–H groups in total. The molecule has 3 aromatic rings. The lowest BCUT2D eigenvalue weighted by Crippen LogP contribution is -2.27. The summed E-state index contributed by atoms with van der Waals surface area (Å²) < 4.78 is 46.8. The van der Waals surface area contributed by atoms with Crippen LogP contribution in [0.2, 0.25) is 0 Å². The molecular formula is C24H27F3N4O2. The van der Waals surface area contributed by atoms with Gasteiger partial charge in [0, 0.05) is 16.7 Å². The summed E-state index contributed by atoms with van der Waals surface area (Å²) in [5.41, 5.74) is 0.0733. The lowest BCUT2D eigenvalue weighted by Gasteiger charge is -2.17. The van der Waals surface area contributed by atoms with Crippen molar-refractivity contribution in [3.8, 4) is 23.1 Å². The molecule has 0 aliphatic rings. The number of nitrogens with zero attached hydrogens (tertiary/aromatic N) is 3. The van der Waals surface area contributed by atoms with Gasteiger partial charge in [0.2, 0.25) is 5.91 Å². The van der Waals surface area contributed by atoms with Crippen LogP contribution < -0.4 is 10.1 Å². The number of rotatable bonds is 6. The van der Waals surface area contributed by atoms with E-state index in [4.69, 9.17) is 4.74 Å². The highest BCUT2D eigenvalue weighted by Gasteiger charge is 2.31. The highest BCUT2D eigenvalue weighted by molar-refractivity contribution is 5.94. The maximum atomic E-state index is 13.3. The molecule has 0 saturated heterocycles. The number of hydrogen-bond donors (Lipinski definition) is 1. The van der Waals surface area contributed by atoms with Crippen LogP contribution in [0.3, 0.4) is 0 Å². The minimum atomic E-state index is -4.48. The number of hydrogen-bond acceptors (Lipinski definition) is 4. The van der Waals surface area contributed by atoms with Crippen molar-refractivity contribution < 1.29 is 22.7 Å². The summed E-state index contributed by atoms with van der Waals surface area (Å²) in [6.45, 7) is 9.73. The van der Waals surface area contributed by atoms with Gasteiger partial charge in [0.15, 0.2) is 5.82 Å². The van der Waals surface area contributed by atoms with Crippen LogP contribution in [0.1, 0.15) is 40.2 Å². The number of amides is 1. The highest BCUT2D eigenvalue weighted by Crippen LogP contribution is 2.33. The van der Waals surface area contributed by atoms with E-state index in [-0.39, 0.29) is 29.2 Å². The van der Waals surface area contributed by atoms with Crippen LogP contribution in [0.25, 0.3) is 17.1 Å². The van der Waals surface area contributed by atoms with Gasteiger partial charge in [-0.3, -0.25) is 4.79 Å². The normalized spacial score (nSPS) is 12.2. The Labute approximate surface area is 190 Å². The second kappa shape index (κ2) is 9.25. The third-order valence-electron chi connectivity index (χ3n) is 4.63. The number of benzene rings is 2. The standard InChI is InChI=1S/C24H27F3N4O2/c1-15(2)14-33-22-29-20(16-7-6-8-17(13-16)24(25,26)27)31(30-22)19-11-9-18(10-12-19)28-21(32)23(3,4)5/h6-13,15H,14H2,1-5H3,(H,28,32). The van der Waals surface area contributed by atoms with Crippen LogP contribution in [-0.2, 0) is 11.0 Å². The van der Waals surface area contributed by atoms with Gasteiger partial charge in [-0.1, -0.05) is 46.8 Å². The highest BCUT2D eigenvalue weighted by atomic mass is 19.4. The first-order chi connectivity index (χ1) is 15.3. The smallest absolute Gasteiger partial charge is 0.416 e. The summed E-state index contributed by atoms with van der Waals surface area (Å²) in [6, 6.07) is 11.8. The van der Waals surface area contributed by atoms with Crippen molar-refractivity contribution in [2.75, 3.05) is 11.9 Å². The van der Waals surface area contributed by atoms with Crippen molar-refractivity contribution in [3.05, 3.63) is 54.1 Å². The summed E-state index contributed by atoms with van der Waals surface area (Å²) in [7, 11) is 0. The second-order valence-corrected chi connectivity index (χ2v) is 9.16. The van der Waals surface area contributed by atoms with Crippen LogP contribution in [0.15, 0.2) is 48.5 Å². The first-order valence-electron chi connectivity index (χ1n) is 10.5. The Bertz CT molecular complexity index is 1110. The first kappa shape index (κ1) is 24.3. The Balaban J connectivity index is 1.99. The lowest BCUT2D eigenvalue weighted by atomic mass is 9.95. The molecular weight excluding hydrogens is 433 g/mol. The number of alkyl halides is 3. The number of anilines is 1. The Hall–Kier alpha value is -3.36. The van der Waals surface area contributed by atoms with Crippen LogP contribution in [0.5, 0.6) is 6.01 Å². The predicted octanol–water partition coefficient (Wildman–Crippen LogP) is 5.97. The third-order valence-corrected chi connectivity index (χ3v) is 4.63. The van der Waals surface area contributed by atoms with Gasteiger partial charge < -0.3 is 10.1 Å². The first-order valence-corrected chi connectivity index (χ1v) is 10.5. The number of halogens is 3. The van der Waals surface area contributed by atoms with E-state index in [2.05, 4.69) is 15.4 Å². The van der Waals surface area contributed by atoms with Crippen molar-refractivity contribution in [2.45, 2.75) is 40.8 Å². The molecule has 176 valence electrons. The topological polar surface area (TPSA) is 69.0 Å². The van der Waals surface area contributed by atoms with Crippen molar-refractivity contribution in [2.24, 2.45) is 11.3 Å². The zero-order valence-corrected chi connectivity index (χ0v) is 19.2. The molecule has 0 saturated carbocycles.